The zero-order valence-corrected chi connectivity index (χ0v) is 15.1. The Labute approximate surface area is 158 Å². The van der Waals surface area contributed by atoms with Gasteiger partial charge in [0.25, 0.3) is 0 Å². The molecule has 2 aromatic carbocycles. The van der Waals surface area contributed by atoms with Crippen molar-refractivity contribution in [2.75, 3.05) is 28.6 Å². The molecule has 0 unspecified atom stereocenters. The first-order chi connectivity index (χ1) is 12.8. The van der Waals surface area contributed by atoms with Gasteiger partial charge < -0.3 is 15.5 Å². The van der Waals surface area contributed by atoms with Gasteiger partial charge in [-0.15, -0.1) is 0 Å². The van der Waals surface area contributed by atoms with Gasteiger partial charge in [-0.05, 0) is 61.4 Å². The van der Waals surface area contributed by atoms with Gasteiger partial charge >= 0.3 is 0 Å². The summed E-state index contributed by atoms with van der Waals surface area (Å²) < 4.78 is 0. The molecule has 0 aliphatic carbocycles. The summed E-state index contributed by atoms with van der Waals surface area (Å²) in [6, 6.07) is 17.8. The molecule has 0 radical (unpaired) electrons. The van der Waals surface area contributed by atoms with Crippen molar-refractivity contribution < 1.29 is 0 Å². The van der Waals surface area contributed by atoms with Crippen LogP contribution in [-0.4, -0.2) is 23.1 Å². The molecule has 2 heterocycles. The molecule has 6 heteroatoms. The Kier molecular flexibility index (Phi) is 4.88. The Morgan fingerprint density at radius 2 is 1.69 bits per heavy atom. The third kappa shape index (κ3) is 4.06. The van der Waals surface area contributed by atoms with Crippen LogP contribution < -0.4 is 15.5 Å². The van der Waals surface area contributed by atoms with E-state index in [1.165, 1.54) is 18.5 Å². The number of hydrogen-bond donors (Lipinski definition) is 2. The normalized spacial score (nSPS) is 13.7. The maximum atomic E-state index is 6.02. The number of benzene rings is 2. The van der Waals surface area contributed by atoms with Gasteiger partial charge in [0.2, 0.25) is 5.95 Å². The number of anilines is 5. The highest BCUT2D eigenvalue weighted by Gasteiger charge is 2.11. The molecule has 1 fully saturated rings. The Morgan fingerprint density at radius 3 is 2.46 bits per heavy atom. The van der Waals surface area contributed by atoms with Crippen molar-refractivity contribution in [1.82, 2.24) is 9.97 Å². The molecule has 1 aliphatic rings. The summed E-state index contributed by atoms with van der Waals surface area (Å²) in [4.78, 5) is 11.2. The monoisotopic (exact) mass is 365 g/mol. The van der Waals surface area contributed by atoms with Crippen molar-refractivity contribution in [3.05, 3.63) is 65.8 Å². The van der Waals surface area contributed by atoms with E-state index in [-0.39, 0.29) is 0 Å². The predicted octanol–water partition coefficient (Wildman–Crippen LogP) is 5.22. The number of aromatic nitrogens is 2. The predicted molar refractivity (Wildman–Crippen MR) is 108 cm³/mol. The first-order valence-electron chi connectivity index (χ1n) is 8.74. The van der Waals surface area contributed by atoms with Crippen molar-refractivity contribution in [3.8, 4) is 0 Å². The molecule has 0 spiro atoms. The van der Waals surface area contributed by atoms with E-state index in [0.29, 0.717) is 16.8 Å². The maximum absolute atomic E-state index is 6.02. The molecule has 3 aromatic rings. The lowest BCUT2D eigenvalue weighted by atomic mass is 10.2. The lowest BCUT2D eigenvalue weighted by Gasteiger charge is -2.17. The molecule has 0 atom stereocenters. The minimum Gasteiger partial charge on any atom is -0.372 e. The second kappa shape index (κ2) is 7.62. The number of rotatable bonds is 5. The van der Waals surface area contributed by atoms with Crippen LogP contribution in [0.4, 0.5) is 28.8 Å². The van der Waals surface area contributed by atoms with Gasteiger partial charge in [-0.3, -0.25) is 0 Å². The molecular formula is C20H20ClN5. The summed E-state index contributed by atoms with van der Waals surface area (Å²) in [5.41, 5.74) is 3.12. The molecule has 1 aliphatic heterocycles. The van der Waals surface area contributed by atoms with Gasteiger partial charge in [0.05, 0.1) is 0 Å². The fraction of sp³-hybridized carbons (Fsp3) is 0.200. The highest BCUT2D eigenvalue weighted by molar-refractivity contribution is 6.30. The standard InChI is InChI=1S/C20H20ClN5/c21-15-4-3-5-17(14-15)23-19-10-11-22-20(25-19)24-16-6-8-18(9-7-16)26-12-1-2-13-26/h3-11,14H,1-2,12-13H2,(H2,22,23,24,25). The first-order valence-corrected chi connectivity index (χ1v) is 9.12. The van der Waals surface area contributed by atoms with E-state index in [4.69, 9.17) is 11.6 Å². The highest BCUT2D eigenvalue weighted by atomic mass is 35.5. The summed E-state index contributed by atoms with van der Waals surface area (Å²) in [6.45, 7) is 2.29. The average molecular weight is 366 g/mol. The summed E-state index contributed by atoms with van der Waals surface area (Å²) in [5, 5.41) is 7.17. The molecular weight excluding hydrogens is 346 g/mol. The lowest BCUT2D eigenvalue weighted by Crippen LogP contribution is -2.17. The van der Waals surface area contributed by atoms with Crippen LogP contribution in [0.3, 0.4) is 0 Å². The summed E-state index contributed by atoms with van der Waals surface area (Å²) in [6.07, 6.45) is 4.28. The smallest absolute Gasteiger partial charge is 0.229 e. The molecule has 1 saturated heterocycles. The molecule has 1 aromatic heterocycles. The summed E-state index contributed by atoms with van der Waals surface area (Å²) in [7, 11) is 0. The molecule has 26 heavy (non-hydrogen) atoms. The summed E-state index contributed by atoms with van der Waals surface area (Å²) in [5.74, 6) is 1.25. The lowest BCUT2D eigenvalue weighted by molar-refractivity contribution is 0.949. The number of nitrogens with zero attached hydrogens (tertiary/aromatic N) is 3. The average Bonchev–Trinajstić information content (AvgIpc) is 3.17. The third-order valence-electron chi connectivity index (χ3n) is 4.35. The topological polar surface area (TPSA) is 53.1 Å². The second-order valence-electron chi connectivity index (χ2n) is 6.27. The Morgan fingerprint density at radius 1 is 0.885 bits per heavy atom. The van der Waals surface area contributed by atoms with Gasteiger partial charge in [-0.25, -0.2) is 4.98 Å². The van der Waals surface area contributed by atoms with Crippen LogP contribution in [0.1, 0.15) is 12.8 Å². The number of halogens is 1. The quantitative estimate of drug-likeness (QED) is 0.649. The SMILES string of the molecule is Clc1cccc(Nc2ccnc(Nc3ccc(N4CCCC4)cc3)n2)c1. The highest BCUT2D eigenvalue weighted by Crippen LogP contribution is 2.24. The van der Waals surface area contributed by atoms with E-state index >= 15 is 0 Å². The van der Waals surface area contributed by atoms with Crippen LogP contribution >= 0.6 is 11.6 Å². The molecule has 5 nitrogen and oxygen atoms in total. The van der Waals surface area contributed by atoms with E-state index in [1.807, 2.05) is 30.3 Å². The van der Waals surface area contributed by atoms with Gasteiger partial charge in [0, 0.05) is 41.4 Å². The molecule has 0 bridgehead atoms. The minimum absolute atomic E-state index is 0.547. The van der Waals surface area contributed by atoms with E-state index in [2.05, 4.69) is 49.8 Å². The van der Waals surface area contributed by atoms with Gasteiger partial charge in [-0.2, -0.15) is 4.98 Å². The number of nitrogens with one attached hydrogen (secondary N) is 2. The van der Waals surface area contributed by atoms with Crippen molar-refractivity contribution in [2.45, 2.75) is 12.8 Å². The Bertz CT molecular complexity index is 875. The van der Waals surface area contributed by atoms with Crippen molar-refractivity contribution in [1.29, 1.82) is 0 Å². The van der Waals surface area contributed by atoms with Gasteiger partial charge in [0.15, 0.2) is 0 Å². The van der Waals surface area contributed by atoms with Crippen molar-refractivity contribution in [2.24, 2.45) is 0 Å². The number of hydrogen-bond acceptors (Lipinski definition) is 5. The second-order valence-corrected chi connectivity index (χ2v) is 6.70. The van der Waals surface area contributed by atoms with Crippen LogP contribution in [0.15, 0.2) is 60.8 Å². The fourth-order valence-electron chi connectivity index (χ4n) is 3.06. The molecule has 0 amide bonds. The van der Waals surface area contributed by atoms with Crippen LogP contribution in [0.2, 0.25) is 5.02 Å². The van der Waals surface area contributed by atoms with Gasteiger partial charge in [-0.1, -0.05) is 17.7 Å². The molecule has 4 rings (SSSR count). The van der Waals surface area contributed by atoms with Crippen molar-refractivity contribution >= 4 is 40.4 Å². The summed E-state index contributed by atoms with van der Waals surface area (Å²) >= 11 is 6.02. The minimum atomic E-state index is 0.547. The zero-order chi connectivity index (χ0) is 17.8. The van der Waals surface area contributed by atoms with Crippen LogP contribution in [-0.2, 0) is 0 Å². The first kappa shape index (κ1) is 16.7. The van der Waals surface area contributed by atoms with Crippen molar-refractivity contribution in [3.63, 3.8) is 0 Å². The largest absolute Gasteiger partial charge is 0.372 e. The van der Waals surface area contributed by atoms with E-state index in [1.54, 1.807) is 6.20 Å². The Hall–Kier alpha value is -2.79. The molecule has 2 N–H and O–H groups in total. The zero-order valence-electron chi connectivity index (χ0n) is 14.3. The van der Waals surface area contributed by atoms with E-state index in [0.717, 1.165) is 24.5 Å². The van der Waals surface area contributed by atoms with Crippen LogP contribution in [0.25, 0.3) is 0 Å². The third-order valence-corrected chi connectivity index (χ3v) is 4.58. The van der Waals surface area contributed by atoms with E-state index in [9.17, 15) is 0 Å². The van der Waals surface area contributed by atoms with E-state index < -0.39 is 0 Å². The molecule has 132 valence electrons. The Balaban J connectivity index is 1.45. The molecule has 0 saturated carbocycles. The van der Waals surface area contributed by atoms with Gasteiger partial charge in [0.1, 0.15) is 5.82 Å². The maximum Gasteiger partial charge on any atom is 0.229 e. The fourth-order valence-corrected chi connectivity index (χ4v) is 3.25. The van der Waals surface area contributed by atoms with Crippen LogP contribution in [0, 0.1) is 0 Å². The van der Waals surface area contributed by atoms with Crippen LogP contribution in [0.5, 0.6) is 0 Å².